The first-order valence-corrected chi connectivity index (χ1v) is 5.85. The number of benzene rings is 1. The maximum Gasteiger partial charge on any atom is 0.148 e. The summed E-state index contributed by atoms with van der Waals surface area (Å²) in [4.78, 5) is 4.37. The van der Waals surface area contributed by atoms with Gasteiger partial charge in [0.1, 0.15) is 5.82 Å². The molecule has 84 valence electrons. The number of nitrogens with zero attached hydrogens (tertiary/aromatic N) is 3. The van der Waals surface area contributed by atoms with E-state index in [4.69, 9.17) is 0 Å². The molecule has 0 aliphatic rings. The highest BCUT2D eigenvalue weighted by molar-refractivity contribution is 7.79. The minimum absolute atomic E-state index is 0.703. The second-order valence-electron chi connectivity index (χ2n) is 3.16. The normalized spacial score (nSPS) is 9.25. The van der Waals surface area contributed by atoms with Crippen LogP contribution in [-0.2, 0) is 0 Å². The topological polar surface area (TPSA) is 38.7 Å². The Balaban J connectivity index is 0.000000606. The Morgan fingerprint density at radius 2 is 1.56 bits per heavy atom. The predicted octanol–water partition coefficient (Wildman–Crippen LogP) is 2.70. The molecule has 0 fully saturated rings. The number of thiol groups is 1. The van der Waals surface area contributed by atoms with Gasteiger partial charge in [-0.15, -0.1) is 5.10 Å². The third-order valence-electron chi connectivity index (χ3n) is 2.01. The zero-order valence-corrected chi connectivity index (χ0v) is 10.6. The van der Waals surface area contributed by atoms with E-state index in [9.17, 15) is 0 Å². The Hall–Kier alpha value is -1.42. The van der Waals surface area contributed by atoms with Crippen LogP contribution in [0.2, 0.25) is 0 Å². The Labute approximate surface area is 101 Å². The molecule has 0 atom stereocenters. The maximum absolute atomic E-state index is 4.37. The van der Waals surface area contributed by atoms with Crippen molar-refractivity contribution >= 4 is 12.6 Å². The van der Waals surface area contributed by atoms with Crippen LogP contribution in [0.5, 0.6) is 0 Å². The first-order chi connectivity index (χ1) is 7.77. The van der Waals surface area contributed by atoms with Gasteiger partial charge in [-0.25, -0.2) is 4.98 Å². The van der Waals surface area contributed by atoms with Crippen LogP contribution in [0, 0.1) is 13.8 Å². The van der Waals surface area contributed by atoms with Crippen LogP contribution in [0.15, 0.2) is 30.3 Å². The second kappa shape index (κ2) is 6.23. The van der Waals surface area contributed by atoms with Gasteiger partial charge in [-0.1, -0.05) is 30.3 Å². The number of aromatic nitrogens is 3. The van der Waals surface area contributed by atoms with E-state index in [1.807, 2.05) is 44.2 Å². The Kier molecular flexibility index (Phi) is 4.92. The maximum atomic E-state index is 4.37. The summed E-state index contributed by atoms with van der Waals surface area (Å²) in [5.41, 5.74) is 2.86. The smallest absolute Gasteiger partial charge is 0.148 e. The zero-order chi connectivity index (χ0) is 12.0. The van der Waals surface area contributed by atoms with Crippen LogP contribution in [-0.4, -0.2) is 21.4 Å². The molecule has 1 aromatic carbocycles. The first-order valence-electron chi connectivity index (χ1n) is 4.95. The lowest BCUT2D eigenvalue weighted by Crippen LogP contribution is -1.98. The Morgan fingerprint density at radius 3 is 2.19 bits per heavy atom. The van der Waals surface area contributed by atoms with Gasteiger partial charge in [-0.05, 0) is 20.1 Å². The average Bonchev–Trinajstić information content (AvgIpc) is 2.36. The summed E-state index contributed by atoms with van der Waals surface area (Å²) in [7, 11) is 0. The lowest BCUT2D eigenvalue weighted by molar-refractivity contribution is 0.880. The summed E-state index contributed by atoms with van der Waals surface area (Å²) in [6, 6.07) is 10.0. The van der Waals surface area contributed by atoms with Crippen molar-refractivity contribution in [3.05, 3.63) is 41.9 Å². The summed E-state index contributed by atoms with van der Waals surface area (Å²) >= 11 is 3.53. The van der Waals surface area contributed by atoms with Crippen LogP contribution in [0.4, 0.5) is 0 Å². The van der Waals surface area contributed by atoms with Gasteiger partial charge in [0, 0.05) is 5.56 Å². The van der Waals surface area contributed by atoms with E-state index in [1.165, 1.54) is 0 Å². The quantitative estimate of drug-likeness (QED) is 0.770. The highest BCUT2D eigenvalue weighted by Crippen LogP contribution is 2.18. The van der Waals surface area contributed by atoms with Gasteiger partial charge < -0.3 is 0 Å². The molecule has 2 rings (SSSR count). The molecule has 0 N–H and O–H groups in total. The summed E-state index contributed by atoms with van der Waals surface area (Å²) in [5.74, 6) is 0.703. The van der Waals surface area contributed by atoms with Crippen molar-refractivity contribution in [1.29, 1.82) is 0 Å². The van der Waals surface area contributed by atoms with E-state index < -0.39 is 0 Å². The van der Waals surface area contributed by atoms with Crippen LogP contribution < -0.4 is 0 Å². The average molecular weight is 233 g/mol. The van der Waals surface area contributed by atoms with Crippen LogP contribution >= 0.6 is 12.6 Å². The highest BCUT2D eigenvalue weighted by Gasteiger charge is 2.04. The molecule has 1 aromatic heterocycles. The van der Waals surface area contributed by atoms with Crippen molar-refractivity contribution in [1.82, 2.24) is 15.2 Å². The van der Waals surface area contributed by atoms with Crippen molar-refractivity contribution in [2.45, 2.75) is 13.8 Å². The van der Waals surface area contributed by atoms with Gasteiger partial charge in [0.2, 0.25) is 0 Å². The van der Waals surface area contributed by atoms with Gasteiger partial charge in [0.25, 0.3) is 0 Å². The molecule has 0 radical (unpaired) electrons. The van der Waals surface area contributed by atoms with Gasteiger partial charge >= 0.3 is 0 Å². The third kappa shape index (κ3) is 3.03. The Morgan fingerprint density at radius 1 is 0.938 bits per heavy atom. The molecular formula is C12H15N3S. The fourth-order valence-corrected chi connectivity index (χ4v) is 1.33. The molecule has 0 unspecified atom stereocenters. The highest BCUT2D eigenvalue weighted by atomic mass is 32.1. The van der Waals surface area contributed by atoms with E-state index in [2.05, 4.69) is 27.8 Å². The molecular weight excluding hydrogens is 218 g/mol. The molecule has 0 amide bonds. The zero-order valence-electron chi connectivity index (χ0n) is 9.68. The van der Waals surface area contributed by atoms with Crippen LogP contribution in [0.25, 0.3) is 11.3 Å². The van der Waals surface area contributed by atoms with E-state index in [1.54, 1.807) is 6.26 Å². The fourth-order valence-electron chi connectivity index (χ4n) is 1.33. The first kappa shape index (κ1) is 12.6. The molecule has 0 saturated heterocycles. The molecule has 3 nitrogen and oxygen atoms in total. The van der Waals surface area contributed by atoms with Gasteiger partial charge in [-0.2, -0.15) is 17.7 Å². The SMILES string of the molecule is CS.Cc1nnc(C)c(-c2ccccc2)n1. The number of rotatable bonds is 1. The van der Waals surface area contributed by atoms with Crippen molar-refractivity contribution in [3.8, 4) is 11.3 Å². The lowest BCUT2D eigenvalue weighted by atomic mass is 10.1. The molecule has 0 bridgehead atoms. The van der Waals surface area contributed by atoms with Gasteiger partial charge in [0.15, 0.2) is 0 Å². The van der Waals surface area contributed by atoms with Gasteiger partial charge in [-0.3, -0.25) is 0 Å². The van der Waals surface area contributed by atoms with Crippen molar-refractivity contribution in [3.63, 3.8) is 0 Å². The van der Waals surface area contributed by atoms with Crippen molar-refractivity contribution < 1.29 is 0 Å². The lowest BCUT2D eigenvalue weighted by Gasteiger charge is -2.03. The molecule has 0 spiro atoms. The number of aryl methyl sites for hydroxylation is 2. The predicted molar refractivity (Wildman–Crippen MR) is 69.6 cm³/mol. The van der Waals surface area contributed by atoms with E-state index in [-0.39, 0.29) is 0 Å². The van der Waals surface area contributed by atoms with Crippen LogP contribution in [0.1, 0.15) is 11.5 Å². The molecule has 16 heavy (non-hydrogen) atoms. The molecule has 4 heteroatoms. The van der Waals surface area contributed by atoms with E-state index in [0.717, 1.165) is 17.0 Å². The van der Waals surface area contributed by atoms with Crippen LogP contribution in [0.3, 0.4) is 0 Å². The minimum atomic E-state index is 0.703. The molecule has 1 heterocycles. The Bertz CT molecular complexity index is 443. The van der Waals surface area contributed by atoms with E-state index >= 15 is 0 Å². The second-order valence-corrected chi connectivity index (χ2v) is 3.16. The molecule has 2 aromatic rings. The van der Waals surface area contributed by atoms with Crippen molar-refractivity contribution in [2.75, 3.05) is 6.26 Å². The summed E-state index contributed by atoms with van der Waals surface area (Å²) in [5, 5.41) is 7.95. The minimum Gasteiger partial charge on any atom is -0.229 e. The largest absolute Gasteiger partial charge is 0.229 e. The molecule has 0 saturated carbocycles. The monoisotopic (exact) mass is 233 g/mol. The summed E-state index contributed by atoms with van der Waals surface area (Å²) in [6.45, 7) is 3.76. The van der Waals surface area contributed by atoms with Crippen molar-refractivity contribution in [2.24, 2.45) is 0 Å². The summed E-state index contributed by atoms with van der Waals surface area (Å²) < 4.78 is 0. The summed E-state index contributed by atoms with van der Waals surface area (Å²) in [6.07, 6.45) is 1.69. The van der Waals surface area contributed by atoms with E-state index in [0.29, 0.717) is 5.82 Å². The van der Waals surface area contributed by atoms with Gasteiger partial charge in [0.05, 0.1) is 11.4 Å². The fraction of sp³-hybridized carbons (Fsp3) is 0.250. The molecule has 0 aliphatic heterocycles. The molecule has 0 aliphatic carbocycles. The number of hydrogen-bond acceptors (Lipinski definition) is 4. The number of hydrogen-bond donors (Lipinski definition) is 1. The standard InChI is InChI=1S/C11H11N3.CH4S/c1-8-11(12-9(2)14-13-8)10-6-4-3-5-7-10;1-2/h3-7H,1-2H3;2H,1H3. The third-order valence-corrected chi connectivity index (χ3v) is 2.01.